The molecule has 0 aliphatic rings. The fraction of sp³-hybridized carbons (Fsp3) is 1.00. The van der Waals surface area contributed by atoms with Gasteiger partial charge in [-0.2, -0.15) is 8.39 Å². The maximum absolute atomic E-state index is 11.4. The van der Waals surface area contributed by atoms with Crippen molar-refractivity contribution in [2.45, 2.75) is 0 Å². The van der Waals surface area contributed by atoms with Crippen molar-refractivity contribution < 1.29 is 21.8 Å². The van der Waals surface area contributed by atoms with Gasteiger partial charge in [0.05, 0.1) is 0 Å². The first-order chi connectivity index (χ1) is 4.20. The summed E-state index contributed by atoms with van der Waals surface area (Å²) in [4.78, 5) is 0. The average molecular weight is 178 g/mol. The highest BCUT2D eigenvalue weighted by atomic mass is 31.3. The topological polar surface area (TPSA) is 27.7 Å². The first-order valence-electron chi connectivity index (χ1n) is 1.88. The molecule has 0 heterocycles. The van der Waals surface area contributed by atoms with Crippen LogP contribution in [0.3, 0.4) is 0 Å². The quantitative estimate of drug-likeness (QED) is 0.619. The molecule has 7 heteroatoms. The molecule has 56 valence electrons. The minimum atomic E-state index is -3.37. The van der Waals surface area contributed by atoms with Crippen LogP contribution < -0.4 is 0 Å². The Balaban J connectivity index is 3.31. The summed E-state index contributed by atoms with van der Waals surface area (Å²) < 4.78 is 35.3. The molecule has 0 radical (unpaired) electrons. The highest BCUT2D eigenvalue weighted by Crippen LogP contribution is 2.55. The van der Waals surface area contributed by atoms with Gasteiger partial charge in [-0.3, -0.25) is 0 Å². The predicted octanol–water partition coefficient (Wildman–Crippen LogP) is 2.69. The third-order valence-electron chi connectivity index (χ3n) is 0.427. The second-order valence-electron chi connectivity index (χ2n) is 0.872. The lowest BCUT2D eigenvalue weighted by atomic mass is 11.8. The Labute approximate surface area is 54.4 Å². The highest BCUT2D eigenvalue weighted by Gasteiger charge is 2.16. The molecule has 0 saturated carbocycles. The Morgan fingerprint density at radius 1 is 1.11 bits per heavy atom. The van der Waals surface area contributed by atoms with Gasteiger partial charge < -0.3 is 9.05 Å². The highest BCUT2D eigenvalue weighted by molar-refractivity contribution is 7.55. The predicted molar refractivity (Wildman–Crippen MR) is 31.2 cm³/mol. The third-order valence-corrected chi connectivity index (χ3v) is 2.05. The van der Waals surface area contributed by atoms with Crippen LogP contribution in [0.5, 0.6) is 0 Å². The molecule has 3 nitrogen and oxygen atoms in total. The van der Waals surface area contributed by atoms with Crippen LogP contribution in [0.15, 0.2) is 0 Å². The summed E-state index contributed by atoms with van der Waals surface area (Å²) in [6.07, 6.45) is 0. The molecule has 0 rings (SSSR count). The van der Waals surface area contributed by atoms with Crippen LogP contribution in [-0.2, 0) is 13.4 Å². The van der Waals surface area contributed by atoms with Crippen molar-refractivity contribution in [2.24, 2.45) is 0 Å². The van der Waals surface area contributed by atoms with Crippen LogP contribution in [0.2, 0.25) is 0 Å². The summed E-state index contributed by atoms with van der Waals surface area (Å²) in [6.45, 7) is 0. The van der Waals surface area contributed by atoms with Crippen LogP contribution in [-0.4, -0.2) is 14.2 Å². The Bertz CT molecular complexity index is 68.8. The number of hydrogen-bond acceptors (Lipinski definition) is 3. The zero-order chi connectivity index (χ0) is 7.28. The second-order valence-corrected chi connectivity index (χ2v) is 3.11. The molecule has 9 heavy (non-hydrogen) atoms. The molecule has 0 aromatic carbocycles. The molecular formula is C2H6F2O3P2. The van der Waals surface area contributed by atoms with Gasteiger partial charge in [-0.1, -0.05) is 0 Å². The van der Waals surface area contributed by atoms with Gasteiger partial charge in [-0.15, -0.1) is 0 Å². The lowest BCUT2D eigenvalue weighted by Crippen LogP contribution is -1.80. The Hall–Kier alpha value is 0.600. The van der Waals surface area contributed by atoms with Gasteiger partial charge >= 0.3 is 17.4 Å². The maximum Gasteiger partial charge on any atom is 0.422 e. The molecule has 0 unspecified atom stereocenters. The Morgan fingerprint density at radius 3 is 1.67 bits per heavy atom. The van der Waals surface area contributed by atoms with Crippen molar-refractivity contribution in [1.29, 1.82) is 0 Å². The molecular weight excluding hydrogens is 172 g/mol. The van der Waals surface area contributed by atoms with Crippen molar-refractivity contribution >= 4 is 17.4 Å². The van der Waals surface area contributed by atoms with E-state index in [2.05, 4.69) is 13.4 Å². The van der Waals surface area contributed by atoms with Crippen LogP contribution in [0.4, 0.5) is 8.39 Å². The van der Waals surface area contributed by atoms with Gasteiger partial charge in [0, 0.05) is 14.2 Å². The van der Waals surface area contributed by atoms with E-state index in [1.54, 1.807) is 0 Å². The Kier molecular flexibility index (Phi) is 5.75. The molecule has 0 aromatic heterocycles. The van der Waals surface area contributed by atoms with E-state index < -0.39 is 17.4 Å². The molecule has 0 N–H and O–H groups in total. The van der Waals surface area contributed by atoms with Crippen molar-refractivity contribution in [1.82, 2.24) is 0 Å². The molecule has 0 fully saturated rings. The smallest absolute Gasteiger partial charge is 0.315 e. The second kappa shape index (κ2) is 5.39. The summed E-state index contributed by atoms with van der Waals surface area (Å²) in [6, 6.07) is 0. The van der Waals surface area contributed by atoms with E-state index in [-0.39, 0.29) is 0 Å². The van der Waals surface area contributed by atoms with Gasteiger partial charge in [0.2, 0.25) is 0 Å². The minimum absolute atomic E-state index is 1.24. The molecule has 0 bridgehead atoms. The summed E-state index contributed by atoms with van der Waals surface area (Å²) in [5, 5.41) is 0. The van der Waals surface area contributed by atoms with Crippen molar-refractivity contribution in [3.05, 3.63) is 0 Å². The van der Waals surface area contributed by atoms with E-state index in [0.717, 1.165) is 0 Å². The van der Waals surface area contributed by atoms with E-state index in [4.69, 9.17) is 0 Å². The van der Waals surface area contributed by atoms with Crippen LogP contribution in [0, 0.1) is 0 Å². The van der Waals surface area contributed by atoms with E-state index in [1.165, 1.54) is 14.2 Å². The average Bonchev–Trinajstić information content (AvgIpc) is 1.82. The van der Waals surface area contributed by atoms with Crippen LogP contribution in [0.1, 0.15) is 0 Å². The van der Waals surface area contributed by atoms with E-state index in [0.29, 0.717) is 0 Å². The molecule has 0 aromatic rings. The van der Waals surface area contributed by atoms with Gasteiger partial charge in [-0.05, 0) is 0 Å². The maximum atomic E-state index is 11.4. The normalized spacial score (nSPS) is 11.3. The van der Waals surface area contributed by atoms with Crippen molar-refractivity contribution in [3.63, 3.8) is 0 Å². The monoisotopic (exact) mass is 178 g/mol. The van der Waals surface area contributed by atoms with Gasteiger partial charge in [0.1, 0.15) is 0 Å². The number of rotatable bonds is 4. The van der Waals surface area contributed by atoms with Crippen molar-refractivity contribution in [3.8, 4) is 0 Å². The first-order valence-corrected chi connectivity index (χ1v) is 4.02. The molecule has 0 saturated heterocycles. The molecule has 0 spiro atoms. The summed E-state index contributed by atoms with van der Waals surface area (Å²) in [7, 11) is -2.70. The number of halogens is 2. The summed E-state index contributed by atoms with van der Waals surface area (Å²) in [5.41, 5.74) is 0. The largest absolute Gasteiger partial charge is 0.422 e. The lowest BCUT2D eigenvalue weighted by molar-refractivity contribution is 0.275. The summed E-state index contributed by atoms with van der Waals surface area (Å²) in [5.74, 6) is 0. The lowest BCUT2D eigenvalue weighted by Gasteiger charge is -2.07. The van der Waals surface area contributed by atoms with Crippen molar-refractivity contribution in [2.75, 3.05) is 14.2 Å². The molecule has 0 amide bonds. The Morgan fingerprint density at radius 2 is 1.56 bits per heavy atom. The zero-order valence-corrected chi connectivity index (χ0v) is 6.66. The van der Waals surface area contributed by atoms with E-state index in [1.807, 2.05) is 0 Å². The molecule has 0 aliphatic heterocycles. The van der Waals surface area contributed by atoms with Gasteiger partial charge in [-0.25, -0.2) is 4.31 Å². The molecule has 0 atom stereocenters. The van der Waals surface area contributed by atoms with Crippen LogP contribution >= 0.6 is 17.4 Å². The van der Waals surface area contributed by atoms with E-state index in [9.17, 15) is 8.39 Å². The first kappa shape index (κ1) is 9.60. The third kappa shape index (κ3) is 5.07. The van der Waals surface area contributed by atoms with E-state index >= 15 is 0 Å². The van der Waals surface area contributed by atoms with Gasteiger partial charge in [0.25, 0.3) is 0 Å². The number of hydrogen-bond donors (Lipinski definition) is 0. The minimum Gasteiger partial charge on any atom is -0.315 e. The zero-order valence-electron chi connectivity index (χ0n) is 4.88. The fourth-order valence-corrected chi connectivity index (χ4v) is 1.28. The molecule has 0 aliphatic carbocycles. The summed E-state index contributed by atoms with van der Waals surface area (Å²) >= 11 is 0. The standard InChI is InChI=1S/C2H6F2O3P2/c1-5-9(6-2)7-8(3)4/h1-2H3. The van der Waals surface area contributed by atoms with Crippen LogP contribution in [0.25, 0.3) is 0 Å². The van der Waals surface area contributed by atoms with Gasteiger partial charge in [0.15, 0.2) is 0 Å². The fourth-order valence-electron chi connectivity index (χ4n) is 0.192. The SMILES string of the molecule is COP(OC)OP(F)F.